The fraction of sp³-hybridized carbons (Fsp3) is 0.529. The van der Waals surface area contributed by atoms with Crippen molar-refractivity contribution in [2.24, 2.45) is 0 Å². The quantitative estimate of drug-likeness (QED) is 0.816. The molecule has 3 aliphatic rings. The Morgan fingerprint density at radius 3 is 2.79 bits per heavy atom. The SMILES string of the molecule is CN1C2=C(SC1c1ccc(N3CCCCC3)nc1P)C(=O)NCC2. The Labute approximate surface area is 149 Å². The topological polar surface area (TPSA) is 48.5 Å². The predicted molar refractivity (Wildman–Crippen MR) is 102 cm³/mol. The lowest BCUT2D eigenvalue weighted by Crippen LogP contribution is -2.32. The normalized spacial score (nSPS) is 24.2. The van der Waals surface area contributed by atoms with Crippen LogP contribution in [0, 0.1) is 0 Å². The number of carbonyl (C=O) groups excluding carboxylic acids is 1. The maximum Gasteiger partial charge on any atom is 0.259 e. The number of aromatic nitrogens is 1. The van der Waals surface area contributed by atoms with E-state index in [0.29, 0.717) is 0 Å². The minimum Gasteiger partial charge on any atom is -0.360 e. The Balaban J connectivity index is 1.58. The van der Waals surface area contributed by atoms with Gasteiger partial charge in [-0.15, -0.1) is 0 Å². The van der Waals surface area contributed by atoms with E-state index in [2.05, 4.69) is 43.5 Å². The van der Waals surface area contributed by atoms with Crippen LogP contribution in [0.2, 0.25) is 0 Å². The molecule has 3 aliphatic heterocycles. The van der Waals surface area contributed by atoms with Gasteiger partial charge < -0.3 is 15.1 Å². The smallest absolute Gasteiger partial charge is 0.259 e. The molecule has 2 unspecified atom stereocenters. The molecule has 1 aromatic heterocycles. The van der Waals surface area contributed by atoms with Gasteiger partial charge in [-0.05, 0) is 25.3 Å². The van der Waals surface area contributed by atoms with Crippen molar-refractivity contribution in [3.63, 3.8) is 0 Å². The van der Waals surface area contributed by atoms with Gasteiger partial charge in [0.15, 0.2) is 0 Å². The molecule has 5 nitrogen and oxygen atoms in total. The molecule has 0 spiro atoms. The number of piperidine rings is 1. The number of nitrogens with one attached hydrogen (secondary N) is 1. The highest BCUT2D eigenvalue weighted by atomic mass is 32.2. The maximum atomic E-state index is 12.1. The Bertz CT molecular complexity index is 702. The summed E-state index contributed by atoms with van der Waals surface area (Å²) in [6.07, 6.45) is 4.74. The van der Waals surface area contributed by atoms with E-state index in [1.165, 1.54) is 30.5 Å². The second-order valence-electron chi connectivity index (χ2n) is 6.55. The molecule has 0 bridgehead atoms. The van der Waals surface area contributed by atoms with Crippen LogP contribution in [0.25, 0.3) is 0 Å². The first-order chi connectivity index (χ1) is 11.6. The monoisotopic (exact) mass is 362 g/mol. The third kappa shape index (κ3) is 2.80. The van der Waals surface area contributed by atoms with E-state index < -0.39 is 0 Å². The molecule has 0 aromatic carbocycles. The average molecular weight is 362 g/mol. The lowest BCUT2D eigenvalue weighted by Gasteiger charge is -2.29. The largest absolute Gasteiger partial charge is 0.360 e. The highest BCUT2D eigenvalue weighted by Gasteiger charge is 2.37. The standard InChI is InChI=1S/C17H23N4OPS/c1-20-12-7-8-18-15(22)14(12)24-17(20)11-5-6-13(19-16(11)23)21-9-3-2-4-10-21/h5-6,17H,2-4,7-10,23H2,1H3,(H,18,22). The van der Waals surface area contributed by atoms with Crippen molar-refractivity contribution < 1.29 is 4.79 Å². The van der Waals surface area contributed by atoms with Crippen molar-refractivity contribution in [1.82, 2.24) is 15.2 Å². The number of anilines is 1. The molecule has 2 atom stereocenters. The molecule has 128 valence electrons. The van der Waals surface area contributed by atoms with E-state index in [1.807, 2.05) is 0 Å². The molecule has 0 radical (unpaired) electrons. The van der Waals surface area contributed by atoms with Crippen LogP contribution >= 0.6 is 21.0 Å². The number of amides is 1. The third-order valence-electron chi connectivity index (χ3n) is 5.01. The van der Waals surface area contributed by atoms with Gasteiger partial charge in [-0.1, -0.05) is 27.1 Å². The molecule has 1 amide bonds. The second kappa shape index (κ2) is 6.57. The zero-order valence-corrected chi connectivity index (χ0v) is 15.9. The summed E-state index contributed by atoms with van der Waals surface area (Å²) in [7, 11) is 4.88. The summed E-state index contributed by atoms with van der Waals surface area (Å²) in [5.41, 5.74) is 3.33. The number of rotatable bonds is 2. The van der Waals surface area contributed by atoms with Crippen LogP contribution in [0.3, 0.4) is 0 Å². The number of carbonyl (C=O) groups is 1. The predicted octanol–water partition coefficient (Wildman–Crippen LogP) is 1.98. The van der Waals surface area contributed by atoms with Crippen molar-refractivity contribution in [3.8, 4) is 0 Å². The lowest BCUT2D eigenvalue weighted by molar-refractivity contribution is -0.117. The summed E-state index contributed by atoms with van der Waals surface area (Å²) in [4.78, 5) is 22.4. The first kappa shape index (κ1) is 16.2. The number of hydrogen-bond donors (Lipinski definition) is 1. The van der Waals surface area contributed by atoms with E-state index in [-0.39, 0.29) is 11.3 Å². The summed E-state index contributed by atoms with van der Waals surface area (Å²) >= 11 is 1.65. The Hall–Kier alpha value is -1.26. The zero-order valence-electron chi connectivity index (χ0n) is 13.9. The first-order valence-corrected chi connectivity index (χ1v) is 10.0. The molecule has 0 saturated carbocycles. The summed E-state index contributed by atoms with van der Waals surface area (Å²) in [5, 5.41) is 3.07. The van der Waals surface area contributed by atoms with Crippen molar-refractivity contribution >= 4 is 38.2 Å². The van der Waals surface area contributed by atoms with Gasteiger partial charge in [0, 0.05) is 44.4 Å². The van der Waals surface area contributed by atoms with Crippen LogP contribution < -0.4 is 15.7 Å². The number of nitrogens with zero attached hydrogens (tertiary/aromatic N) is 3. The Morgan fingerprint density at radius 1 is 1.29 bits per heavy atom. The van der Waals surface area contributed by atoms with Gasteiger partial charge in [-0.2, -0.15) is 0 Å². The van der Waals surface area contributed by atoms with Gasteiger partial charge >= 0.3 is 0 Å². The van der Waals surface area contributed by atoms with E-state index in [4.69, 9.17) is 4.98 Å². The molecular weight excluding hydrogens is 339 g/mol. The van der Waals surface area contributed by atoms with Gasteiger partial charge in [-0.3, -0.25) is 4.79 Å². The Kier molecular flexibility index (Phi) is 4.44. The third-order valence-corrected chi connectivity index (χ3v) is 6.92. The van der Waals surface area contributed by atoms with Crippen molar-refractivity contribution in [3.05, 3.63) is 28.3 Å². The van der Waals surface area contributed by atoms with Crippen LogP contribution in [0.4, 0.5) is 5.82 Å². The summed E-state index contributed by atoms with van der Waals surface area (Å²) in [5.74, 6) is 1.14. The van der Waals surface area contributed by atoms with Crippen LogP contribution in [-0.2, 0) is 4.79 Å². The minimum absolute atomic E-state index is 0.0683. The molecular formula is C17H23N4OPS. The lowest BCUT2D eigenvalue weighted by atomic mass is 10.1. The van der Waals surface area contributed by atoms with Crippen LogP contribution in [0.1, 0.15) is 36.6 Å². The van der Waals surface area contributed by atoms with E-state index in [1.54, 1.807) is 11.8 Å². The van der Waals surface area contributed by atoms with Crippen molar-refractivity contribution in [2.45, 2.75) is 31.1 Å². The van der Waals surface area contributed by atoms with Gasteiger partial charge in [0.1, 0.15) is 11.2 Å². The molecule has 7 heteroatoms. The highest BCUT2D eigenvalue weighted by molar-refractivity contribution is 8.04. The minimum atomic E-state index is 0.0683. The molecule has 0 aliphatic carbocycles. The molecule has 4 heterocycles. The van der Waals surface area contributed by atoms with Crippen LogP contribution in [0.15, 0.2) is 22.7 Å². The highest BCUT2D eigenvalue weighted by Crippen LogP contribution is 2.48. The van der Waals surface area contributed by atoms with Gasteiger partial charge in [0.2, 0.25) is 0 Å². The second-order valence-corrected chi connectivity index (χ2v) is 8.19. The average Bonchev–Trinajstić information content (AvgIpc) is 2.94. The van der Waals surface area contributed by atoms with Gasteiger partial charge in [0.25, 0.3) is 5.91 Å². The summed E-state index contributed by atoms with van der Waals surface area (Å²) in [6.45, 7) is 2.93. The fourth-order valence-electron chi connectivity index (χ4n) is 3.66. The molecule has 1 fully saturated rings. The fourth-order valence-corrected chi connectivity index (χ4v) is 5.57. The maximum absolute atomic E-state index is 12.1. The van der Waals surface area contributed by atoms with Crippen LogP contribution in [0.5, 0.6) is 0 Å². The number of thioether (sulfide) groups is 1. The van der Waals surface area contributed by atoms with E-state index in [9.17, 15) is 4.79 Å². The number of hydrogen-bond acceptors (Lipinski definition) is 5. The van der Waals surface area contributed by atoms with Crippen molar-refractivity contribution in [2.75, 3.05) is 31.6 Å². The molecule has 1 saturated heterocycles. The van der Waals surface area contributed by atoms with Gasteiger partial charge in [0.05, 0.1) is 10.3 Å². The van der Waals surface area contributed by atoms with Gasteiger partial charge in [-0.25, -0.2) is 4.98 Å². The summed E-state index contributed by atoms with van der Waals surface area (Å²) < 4.78 is 0. The van der Waals surface area contributed by atoms with E-state index in [0.717, 1.165) is 42.2 Å². The van der Waals surface area contributed by atoms with E-state index >= 15 is 0 Å². The number of pyridine rings is 1. The molecule has 4 rings (SSSR count). The van der Waals surface area contributed by atoms with Crippen LogP contribution in [-0.4, -0.2) is 42.5 Å². The molecule has 24 heavy (non-hydrogen) atoms. The molecule has 1 N–H and O–H groups in total. The Morgan fingerprint density at radius 2 is 2.08 bits per heavy atom. The zero-order chi connectivity index (χ0) is 16.7. The summed E-state index contributed by atoms with van der Waals surface area (Å²) in [6, 6.07) is 4.32. The molecule has 1 aromatic rings. The first-order valence-electron chi connectivity index (χ1n) is 8.57. The van der Waals surface area contributed by atoms with Crippen molar-refractivity contribution in [1.29, 1.82) is 0 Å².